The van der Waals surface area contributed by atoms with Crippen molar-refractivity contribution in [1.29, 1.82) is 0 Å². The molecule has 0 bridgehead atoms. The second-order valence-corrected chi connectivity index (χ2v) is 12.3. The Balaban J connectivity index is 4.05. The normalized spacial score (nSPS) is 13.1. The van der Waals surface area contributed by atoms with Gasteiger partial charge in [0, 0.05) is 0 Å². The second kappa shape index (κ2) is 28.5. The molecular formula is C35H70O2. The molecule has 0 aliphatic rings. The van der Waals surface area contributed by atoms with Crippen LogP contribution in [0.25, 0.3) is 0 Å². The molecule has 0 aromatic heterocycles. The zero-order valence-electron chi connectivity index (χ0n) is 26.3. The van der Waals surface area contributed by atoms with E-state index in [-0.39, 0.29) is 11.4 Å². The molecule has 0 aromatic rings. The minimum atomic E-state index is -0.273. The summed E-state index contributed by atoms with van der Waals surface area (Å²) in [5.74, 6) is 0.0867. The number of esters is 1. The van der Waals surface area contributed by atoms with Gasteiger partial charge in [-0.3, -0.25) is 4.79 Å². The molecule has 0 spiro atoms. The highest BCUT2D eigenvalue weighted by Crippen LogP contribution is 2.33. The topological polar surface area (TPSA) is 26.3 Å². The average molecular weight is 523 g/mol. The molecule has 0 fully saturated rings. The fourth-order valence-electron chi connectivity index (χ4n) is 5.56. The van der Waals surface area contributed by atoms with Gasteiger partial charge in [0.05, 0.1) is 12.0 Å². The van der Waals surface area contributed by atoms with Gasteiger partial charge >= 0.3 is 5.97 Å². The molecule has 0 radical (unpaired) electrons. The van der Waals surface area contributed by atoms with Crippen molar-refractivity contribution in [3.05, 3.63) is 0 Å². The van der Waals surface area contributed by atoms with Crippen LogP contribution in [0.4, 0.5) is 0 Å². The van der Waals surface area contributed by atoms with Crippen molar-refractivity contribution in [2.45, 2.75) is 207 Å². The molecule has 0 amide bonds. The van der Waals surface area contributed by atoms with Crippen LogP contribution < -0.4 is 0 Å². The Bertz CT molecular complexity index is 460. The summed E-state index contributed by atoms with van der Waals surface area (Å²) in [7, 11) is 0. The fourth-order valence-corrected chi connectivity index (χ4v) is 5.56. The lowest BCUT2D eigenvalue weighted by molar-refractivity contribution is -0.156. The highest BCUT2D eigenvalue weighted by Gasteiger charge is 2.33. The summed E-state index contributed by atoms with van der Waals surface area (Å²) in [5.41, 5.74) is -0.273. The monoisotopic (exact) mass is 523 g/mol. The Kier molecular flexibility index (Phi) is 28.1. The van der Waals surface area contributed by atoms with Crippen LogP contribution >= 0.6 is 0 Å². The van der Waals surface area contributed by atoms with E-state index in [4.69, 9.17) is 4.74 Å². The van der Waals surface area contributed by atoms with Gasteiger partial charge in [0.25, 0.3) is 0 Å². The highest BCUT2D eigenvalue weighted by atomic mass is 16.5. The first kappa shape index (κ1) is 36.5. The van der Waals surface area contributed by atoms with Crippen LogP contribution in [-0.4, -0.2) is 12.6 Å². The van der Waals surface area contributed by atoms with Gasteiger partial charge in [-0.2, -0.15) is 0 Å². The third-order valence-corrected chi connectivity index (χ3v) is 8.39. The molecule has 0 heterocycles. The fraction of sp³-hybridized carbons (Fsp3) is 0.971. The average Bonchev–Trinajstić information content (AvgIpc) is 2.90. The Labute approximate surface area is 234 Å². The molecule has 222 valence electrons. The maximum absolute atomic E-state index is 13.1. The summed E-state index contributed by atoms with van der Waals surface area (Å²) >= 11 is 0. The summed E-state index contributed by atoms with van der Waals surface area (Å²) in [6.45, 7) is 9.64. The second-order valence-electron chi connectivity index (χ2n) is 12.3. The van der Waals surface area contributed by atoms with Gasteiger partial charge in [-0.1, -0.05) is 181 Å². The Hall–Kier alpha value is -0.530. The van der Waals surface area contributed by atoms with Gasteiger partial charge in [-0.15, -0.1) is 0 Å². The first-order chi connectivity index (χ1) is 18.1. The van der Waals surface area contributed by atoms with Crippen LogP contribution in [-0.2, 0) is 9.53 Å². The lowest BCUT2D eigenvalue weighted by Gasteiger charge is -2.27. The summed E-state index contributed by atoms with van der Waals surface area (Å²) in [6.07, 6.45) is 36.5. The zero-order valence-corrected chi connectivity index (χ0v) is 26.3. The van der Waals surface area contributed by atoms with E-state index in [1.807, 2.05) is 0 Å². The third kappa shape index (κ3) is 24.3. The number of carbonyl (C=O) groups is 1. The number of ether oxygens (including phenoxy) is 1. The van der Waals surface area contributed by atoms with Crippen molar-refractivity contribution in [3.63, 3.8) is 0 Å². The molecule has 1 atom stereocenters. The van der Waals surface area contributed by atoms with Crippen LogP contribution in [0.1, 0.15) is 207 Å². The molecular weight excluding hydrogens is 452 g/mol. The van der Waals surface area contributed by atoms with Gasteiger partial charge in [-0.05, 0) is 26.2 Å². The van der Waals surface area contributed by atoms with Gasteiger partial charge in [-0.25, -0.2) is 0 Å². The molecule has 0 rings (SSSR count). The standard InChI is InChI=1S/C35H70O2/c1-5-8-11-14-16-17-18-19-20-21-22-23-26-29-32-35(4,31-28-25-13-10-7-3)34(36)37-33-30-27-24-15-12-9-6-2/h5-33H2,1-4H3. The predicted molar refractivity (Wildman–Crippen MR) is 165 cm³/mol. The molecule has 0 saturated heterocycles. The van der Waals surface area contributed by atoms with E-state index in [0.717, 1.165) is 19.3 Å². The van der Waals surface area contributed by atoms with Crippen molar-refractivity contribution in [2.24, 2.45) is 5.41 Å². The van der Waals surface area contributed by atoms with E-state index < -0.39 is 0 Å². The lowest BCUT2D eigenvalue weighted by Crippen LogP contribution is -2.30. The molecule has 2 heteroatoms. The lowest BCUT2D eigenvalue weighted by atomic mass is 9.79. The number of hydrogen-bond acceptors (Lipinski definition) is 2. The smallest absolute Gasteiger partial charge is 0.311 e. The minimum Gasteiger partial charge on any atom is -0.465 e. The quantitative estimate of drug-likeness (QED) is 0.0692. The number of carbonyl (C=O) groups excluding carboxylic acids is 1. The van der Waals surface area contributed by atoms with E-state index in [2.05, 4.69) is 27.7 Å². The predicted octanol–water partition coefficient (Wildman–Crippen LogP) is 12.5. The largest absolute Gasteiger partial charge is 0.465 e. The third-order valence-electron chi connectivity index (χ3n) is 8.39. The van der Waals surface area contributed by atoms with Crippen molar-refractivity contribution in [2.75, 3.05) is 6.61 Å². The molecule has 2 nitrogen and oxygen atoms in total. The van der Waals surface area contributed by atoms with Crippen LogP contribution in [0.3, 0.4) is 0 Å². The highest BCUT2D eigenvalue weighted by molar-refractivity contribution is 5.76. The maximum atomic E-state index is 13.1. The Morgan fingerprint density at radius 3 is 1.03 bits per heavy atom. The van der Waals surface area contributed by atoms with Crippen LogP contribution in [0.2, 0.25) is 0 Å². The minimum absolute atomic E-state index is 0.0867. The summed E-state index contributed by atoms with van der Waals surface area (Å²) in [5, 5.41) is 0. The molecule has 37 heavy (non-hydrogen) atoms. The van der Waals surface area contributed by atoms with Crippen molar-refractivity contribution in [1.82, 2.24) is 0 Å². The number of unbranched alkanes of at least 4 members (excludes halogenated alkanes) is 23. The number of hydrogen-bond donors (Lipinski definition) is 0. The first-order valence-electron chi connectivity index (χ1n) is 17.3. The van der Waals surface area contributed by atoms with Gasteiger partial charge < -0.3 is 4.74 Å². The van der Waals surface area contributed by atoms with E-state index in [1.54, 1.807) is 0 Å². The van der Waals surface area contributed by atoms with Crippen molar-refractivity contribution in [3.8, 4) is 0 Å². The number of rotatable bonds is 30. The van der Waals surface area contributed by atoms with E-state index in [9.17, 15) is 4.79 Å². The van der Waals surface area contributed by atoms with Gasteiger partial charge in [0.15, 0.2) is 0 Å². The Morgan fingerprint density at radius 2 is 0.703 bits per heavy atom. The maximum Gasteiger partial charge on any atom is 0.311 e. The van der Waals surface area contributed by atoms with E-state index >= 15 is 0 Å². The molecule has 0 aliphatic carbocycles. The van der Waals surface area contributed by atoms with E-state index in [0.29, 0.717) is 6.61 Å². The van der Waals surface area contributed by atoms with Crippen molar-refractivity contribution >= 4 is 5.97 Å². The first-order valence-corrected chi connectivity index (χ1v) is 17.3. The molecule has 0 aliphatic heterocycles. The SMILES string of the molecule is CCCCCCCCCCCCCCCCC(C)(CCCCCCC)C(=O)OCCCCCCCCC. The molecule has 0 N–H and O–H groups in total. The summed E-state index contributed by atoms with van der Waals surface area (Å²) in [6, 6.07) is 0. The van der Waals surface area contributed by atoms with Crippen molar-refractivity contribution < 1.29 is 9.53 Å². The summed E-state index contributed by atoms with van der Waals surface area (Å²) < 4.78 is 5.84. The molecule has 1 unspecified atom stereocenters. The molecule has 0 saturated carbocycles. The molecule has 0 aromatic carbocycles. The van der Waals surface area contributed by atoms with Crippen LogP contribution in [0, 0.1) is 5.41 Å². The summed E-state index contributed by atoms with van der Waals surface area (Å²) in [4.78, 5) is 13.1. The van der Waals surface area contributed by atoms with Crippen LogP contribution in [0.5, 0.6) is 0 Å². The van der Waals surface area contributed by atoms with E-state index in [1.165, 1.54) is 161 Å². The zero-order chi connectivity index (χ0) is 27.3. The Morgan fingerprint density at radius 1 is 0.432 bits per heavy atom. The van der Waals surface area contributed by atoms with Crippen LogP contribution in [0.15, 0.2) is 0 Å². The van der Waals surface area contributed by atoms with Gasteiger partial charge in [0.2, 0.25) is 0 Å². The van der Waals surface area contributed by atoms with Gasteiger partial charge in [0.1, 0.15) is 0 Å².